The molecular weight excluding hydrogens is 456 g/mol. The fourth-order valence-corrected chi connectivity index (χ4v) is 4.79. The van der Waals surface area contributed by atoms with E-state index in [1.807, 2.05) is 54.6 Å². The number of amides is 1. The average molecular weight is 489 g/mol. The molecule has 0 N–H and O–H groups in total. The number of aromatic nitrogens is 6. The highest BCUT2D eigenvalue weighted by Crippen LogP contribution is 2.20. The molecule has 0 radical (unpaired) electrons. The summed E-state index contributed by atoms with van der Waals surface area (Å²) in [5.74, 6) is 2.50. The third-order valence-corrected chi connectivity index (χ3v) is 6.94. The van der Waals surface area contributed by atoms with Crippen LogP contribution in [0.1, 0.15) is 34.8 Å². The quantitative estimate of drug-likeness (QED) is 0.395. The molecule has 10 nitrogen and oxygen atoms in total. The Kier molecular flexibility index (Phi) is 6.69. The molecule has 4 aromatic rings. The minimum atomic E-state index is 0.199. The molecule has 0 spiro atoms. The van der Waals surface area contributed by atoms with Gasteiger partial charge in [0.2, 0.25) is 5.91 Å². The van der Waals surface area contributed by atoms with Crippen LogP contribution in [0.2, 0.25) is 0 Å². The summed E-state index contributed by atoms with van der Waals surface area (Å²) in [7, 11) is 1.68. The van der Waals surface area contributed by atoms with Gasteiger partial charge in [0.15, 0.2) is 17.3 Å². The van der Waals surface area contributed by atoms with Crippen LogP contribution in [-0.2, 0) is 17.8 Å². The van der Waals surface area contributed by atoms with E-state index in [0.29, 0.717) is 24.3 Å². The van der Waals surface area contributed by atoms with Crippen molar-refractivity contribution in [3.05, 3.63) is 64.7 Å². The zero-order valence-corrected chi connectivity index (χ0v) is 21.3. The summed E-state index contributed by atoms with van der Waals surface area (Å²) in [6.07, 6.45) is 1.14. The summed E-state index contributed by atoms with van der Waals surface area (Å²) in [4.78, 5) is 17.4. The number of ether oxygens (including phenoxy) is 1. The van der Waals surface area contributed by atoms with Gasteiger partial charge in [0.05, 0.1) is 12.8 Å². The molecule has 0 aliphatic carbocycles. The standard InChI is InChI=1S/C26H32N8O2/c1-18-23(19(2)33(29-18)25-11-10-24-28-27-20(3)34(24)30-25)9-12-26(35)32-15-13-31(14-16-32)17-21-5-7-22(36-4)8-6-21/h5-8,10-11H,9,12-17H2,1-4H3. The molecule has 1 aliphatic rings. The van der Waals surface area contributed by atoms with Gasteiger partial charge in [0, 0.05) is 44.8 Å². The lowest BCUT2D eigenvalue weighted by molar-refractivity contribution is -0.133. The van der Waals surface area contributed by atoms with Gasteiger partial charge in [0.1, 0.15) is 5.75 Å². The largest absolute Gasteiger partial charge is 0.497 e. The molecule has 0 saturated carbocycles. The van der Waals surface area contributed by atoms with Crippen molar-refractivity contribution >= 4 is 11.6 Å². The van der Waals surface area contributed by atoms with Crippen LogP contribution >= 0.6 is 0 Å². The van der Waals surface area contributed by atoms with Crippen LogP contribution in [0.15, 0.2) is 36.4 Å². The van der Waals surface area contributed by atoms with Gasteiger partial charge in [-0.25, -0.2) is 4.68 Å². The molecule has 10 heteroatoms. The van der Waals surface area contributed by atoms with Gasteiger partial charge in [0.25, 0.3) is 0 Å². The Morgan fingerprint density at radius 2 is 1.69 bits per heavy atom. The number of carbonyl (C=O) groups excluding carboxylic acids is 1. The summed E-state index contributed by atoms with van der Waals surface area (Å²) in [6.45, 7) is 10.1. The van der Waals surface area contributed by atoms with Gasteiger partial charge in [-0.1, -0.05) is 12.1 Å². The number of rotatable bonds is 7. The monoisotopic (exact) mass is 488 g/mol. The van der Waals surface area contributed by atoms with E-state index in [1.165, 1.54) is 5.56 Å². The number of hydrogen-bond donors (Lipinski definition) is 0. The molecule has 5 rings (SSSR count). The Balaban J connectivity index is 1.17. The van der Waals surface area contributed by atoms with Crippen molar-refractivity contribution in [2.75, 3.05) is 33.3 Å². The van der Waals surface area contributed by atoms with Gasteiger partial charge in [-0.05, 0) is 62.6 Å². The Labute approximate surface area is 210 Å². The first-order valence-electron chi connectivity index (χ1n) is 12.3. The molecule has 0 bridgehead atoms. The van der Waals surface area contributed by atoms with Gasteiger partial charge in [-0.3, -0.25) is 9.69 Å². The van der Waals surface area contributed by atoms with Gasteiger partial charge < -0.3 is 9.64 Å². The van der Waals surface area contributed by atoms with Crippen molar-refractivity contribution in [2.45, 2.75) is 40.2 Å². The third-order valence-electron chi connectivity index (χ3n) is 6.94. The Morgan fingerprint density at radius 1 is 0.944 bits per heavy atom. The number of benzene rings is 1. The minimum absolute atomic E-state index is 0.199. The maximum atomic E-state index is 13.0. The Morgan fingerprint density at radius 3 is 2.42 bits per heavy atom. The average Bonchev–Trinajstić information content (AvgIpc) is 3.41. The lowest BCUT2D eigenvalue weighted by Crippen LogP contribution is -2.48. The predicted molar refractivity (Wildman–Crippen MR) is 135 cm³/mol. The topological polar surface area (TPSA) is 93.7 Å². The van der Waals surface area contributed by atoms with E-state index in [4.69, 9.17) is 9.84 Å². The maximum Gasteiger partial charge on any atom is 0.222 e. The van der Waals surface area contributed by atoms with Crippen LogP contribution in [0.5, 0.6) is 5.75 Å². The van der Waals surface area contributed by atoms with E-state index in [2.05, 4.69) is 32.3 Å². The summed E-state index contributed by atoms with van der Waals surface area (Å²) in [6, 6.07) is 12.0. The first-order chi connectivity index (χ1) is 17.4. The van der Waals surface area contributed by atoms with Crippen LogP contribution in [0.4, 0.5) is 0 Å². The number of methoxy groups -OCH3 is 1. The second kappa shape index (κ2) is 10.1. The predicted octanol–water partition coefficient (Wildman–Crippen LogP) is 2.52. The van der Waals surface area contributed by atoms with E-state index in [0.717, 1.165) is 61.2 Å². The second-order valence-corrected chi connectivity index (χ2v) is 9.27. The lowest BCUT2D eigenvalue weighted by Gasteiger charge is -2.35. The van der Waals surface area contributed by atoms with Crippen molar-refractivity contribution in [2.24, 2.45) is 0 Å². The first kappa shape index (κ1) is 23.9. The normalized spacial score (nSPS) is 14.5. The van der Waals surface area contributed by atoms with Crippen molar-refractivity contribution in [1.82, 2.24) is 39.4 Å². The van der Waals surface area contributed by atoms with Crippen molar-refractivity contribution < 1.29 is 9.53 Å². The molecule has 1 amide bonds. The molecule has 1 aromatic carbocycles. The smallest absolute Gasteiger partial charge is 0.222 e. The molecule has 0 unspecified atom stereocenters. The summed E-state index contributed by atoms with van der Waals surface area (Å²) in [5.41, 5.74) is 4.98. The lowest BCUT2D eigenvalue weighted by atomic mass is 10.1. The van der Waals surface area contributed by atoms with Crippen molar-refractivity contribution in [3.8, 4) is 11.6 Å². The summed E-state index contributed by atoms with van der Waals surface area (Å²) < 4.78 is 8.79. The highest BCUT2D eigenvalue weighted by molar-refractivity contribution is 5.76. The maximum absolute atomic E-state index is 13.0. The number of aryl methyl sites for hydroxylation is 2. The van der Waals surface area contributed by atoms with Gasteiger partial charge in [-0.15, -0.1) is 15.3 Å². The Bertz CT molecular complexity index is 1370. The summed E-state index contributed by atoms with van der Waals surface area (Å²) in [5, 5.41) is 17.5. The van der Waals surface area contributed by atoms with Crippen LogP contribution in [0.25, 0.3) is 11.5 Å². The van der Waals surface area contributed by atoms with E-state index in [1.54, 1.807) is 11.6 Å². The fraction of sp³-hybridized carbons (Fsp3) is 0.423. The first-order valence-corrected chi connectivity index (χ1v) is 12.3. The van der Waals surface area contributed by atoms with Gasteiger partial charge in [-0.2, -0.15) is 9.61 Å². The molecule has 1 saturated heterocycles. The van der Waals surface area contributed by atoms with Gasteiger partial charge >= 0.3 is 0 Å². The molecule has 3 aromatic heterocycles. The minimum Gasteiger partial charge on any atom is -0.497 e. The molecule has 1 fully saturated rings. The van der Waals surface area contributed by atoms with Crippen molar-refractivity contribution in [3.63, 3.8) is 0 Å². The van der Waals surface area contributed by atoms with E-state index < -0.39 is 0 Å². The number of fused-ring (bicyclic) bond motifs is 1. The highest BCUT2D eigenvalue weighted by atomic mass is 16.5. The highest BCUT2D eigenvalue weighted by Gasteiger charge is 2.22. The van der Waals surface area contributed by atoms with E-state index in [-0.39, 0.29) is 5.91 Å². The number of nitrogens with zero attached hydrogens (tertiary/aromatic N) is 8. The molecule has 4 heterocycles. The molecular formula is C26H32N8O2. The number of hydrogen-bond acceptors (Lipinski definition) is 7. The van der Waals surface area contributed by atoms with Crippen molar-refractivity contribution in [1.29, 1.82) is 0 Å². The zero-order chi connectivity index (χ0) is 25.2. The Hall–Kier alpha value is -3.79. The van der Waals surface area contributed by atoms with E-state index in [9.17, 15) is 4.79 Å². The number of piperazine rings is 1. The van der Waals surface area contributed by atoms with E-state index >= 15 is 0 Å². The summed E-state index contributed by atoms with van der Waals surface area (Å²) >= 11 is 0. The fourth-order valence-electron chi connectivity index (χ4n) is 4.79. The second-order valence-electron chi connectivity index (χ2n) is 9.27. The zero-order valence-electron chi connectivity index (χ0n) is 21.3. The number of carbonyl (C=O) groups is 1. The SMILES string of the molecule is COc1ccc(CN2CCN(C(=O)CCc3c(C)nn(-c4ccc5nnc(C)n5n4)c3C)CC2)cc1. The van der Waals surface area contributed by atoms with Crippen LogP contribution in [0, 0.1) is 20.8 Å². The molecule has 0 atom stereocenters. The molecule has 36 heavy (non-hydrogen) atoms. The molecule has 188 valence electrons. The van der Waals surface area contributed by atoms with Crippen LogP contribution < -0.4 is 4.74 Å². The molecule has 1 aliphatic heterocycles. The third kappa shape index (κ3) is 4.81. The van der Waals surface area contributed by atoms with Crippen LogP contribution in [0.3, 0.4) is 0 Å². The van der Waals surface area contributed by atoms with Crippen LogP contribution in [-0.4, -0.2) is 78.6 Å².